The number of carbonyl (C=O) groups is 2. The molecule has 10 heteroatoms. The molecule has 0 radical (unpaired) electrons. The van der Waals surface area contributed by atoms with Crippen LogP contribution in [0.1, 0.15) is 42.4 Å². The largest absolute Gasteiger partial charge is 0.352 e. The van der Waals surface area contributed by atoms with E-state index < -0.39 is 28.5 Å². The molecule has 1 atom stereocenters. The molecule has 0 bridgehead atoms. The van der Waals surface area contributed by atoms with Crippen molar-refractivity contribution in [3.8, 4) is 0 Å². The smallest absolute Gasteiger partial charge is 0.264 e. The lowest BCUT2D eigenvalue weighted by Crippen LogP contribution is -2.54. The maximum absolute atomic E-state index is 14.6. The molecule has 240 valence electrons. The lowest BCUT2D eigenvalue weighted by atomic mass is 10.0. The monoisotopic (exact) mass is 677 g/mol. The molecular weight excluding hydrogens is 641 g/mol. The minimum atomic E-state index is -4.25. The maximum atomic E-state index is 14.6. The average Bonchev–Trinajstić information content (AvgIpc) is 3.56. The first-order valence-electron chi connectivity index (χ1n) is 15.3. The first kappa shape index (κ1) is 33.5. The normalized spacial score (nSPS) is 14.1. The van der Waals surface area contributed by atoms with E-state index >= 15 is 0 Å². The Morgan fingerprint density at radius 1 is 0.848 bits per heavy atom. The third kappa shape index (κ3) is 8.29. The summed E-state index contributed by atoms with van der Waals surface area (Å²) in [6, 6.07) is 28.5. The zero-order valence-corrected chi connectivity index (χ0v) is 27.9. The number of aryl methyl sites for hydroxylation is 1. The fraction of sp³-hybridized carbons (Fsp3) is 0.278. The summed E-state index contributed by atoms with van der Waals surface area (Å²) in [6.45, 7) is 1.51. The van der Waals surface area contributed by atoms with Crippen molar-refractivity contribution < 1.29 is 18.0 Å². The molecule has 1 aliphatic rings. The predicted octanol–water partition coefficient (Wildman–Crippen LogP) is 7.20. The fourth-order valence-electron chi connectivity index (χ4n) is 5.79. The number of carbonyl (C=O) groups excluding carboxylic acids is 2. The van der Waals surface area contributed by atoms with Crippen LogP contribution in [0.5, 0.6) is 0 Å². The van der Waals surface area contributed by atoms with Gasteiger partial charge in [0.15, 0.2) is 0 Å². The molecule has 0 spiro atoms. The van der Waals surface area contributed by atoms with Crippen molar-refractivity contribution in [2.24, 2.45) is 0 Å². The zero-order valence-electron chi connectivity index (χ0n) is 25.6. The van der Waals surface area contributed by atoms with Crippen molar-refractivity contribution in [2.45, 2.75) is 62.6 Å². The molecule has 1 unspecified atom stereocenters. The van der Waals surface area contributed by atoms with Crippen LogP contribution in [0.3, 0.4) is 0 Å². The Bertz CT molecular complexity index is 1760. The van der Waals surface area contributed by atoms with Crippen LogP contribution in [0.2, 0.25) is 10.0 Å². The number of hydrogen-bond donors (Lipinski definition) is 1. The number of nitrogens with zero attached hydrogens (tertiary/aromatic N) is 2. The second-order valence-electron chi connectivity index (χ2n) is 11.6. The summed E-state index contributed by atoms with van der Waals surface area (Å²) in [6.07, 6.45) is 4.11. The van der Waals surface area contributed by atoms with Gasteiger partial charge in [-0.1, -0.05) is 96.7 Å². The molecule has 1 fully saturated rings. The van der Waals surface area contributed by atoms with Crippen molar-refractivity contribution in [2.75, 3.05) is 10.8 Å². The van der Waals surface area contributed by atoms with Crippen molar-refractivity contribution >= 4 is 50.7 Å². The van der Waals surface area contributed by atoms with Gasteiger partial charge in [-0.3, -0.25) is 13.9 Å². The van der Waals surface area contributed by atoms with E-state index in [0.29, 0.717) is 10.0 Å². The SMILES string of the molecule is Cc1ccccc1CN(C(=O)CN(c1cccc(Cl)c1)S(=O)(=O)c1ccc(Cl)cc1)C(Cc1ccccc1)C(=O)NC1CCCC1. The second-order valence-corrected chi connectivity index (χ2v) is 14.3. The van der Waals surface area contributed by atoms with Crippen molar-refractivity contribution in [3.63, 3.8) is 0 Å². The number of halogens is 2. The van der Waals surface area contributed by atoms with Crippen LogP contribution in [-0.2, 0) is 32.6 Å². The summed E-state index contributed by atoms with van der Waals surface area (Å²) >= 11 is 12.4. The van der Waals surface area contributed by atoms with Gasteiger partial charge in [0.1, 0.15) is 12.6 Å². The van der Waals surface area contributed by atoms with Gasteiger partial charge in [0.2, 0.25) is 11.8 Å². The summed E-state index contributed by atoms with van der Waals surface area (Å²) in [5.41, 5.74) is 2.92. The van der Waals surface area contributed by atoms with Gasteiger partial charge < -0.3 is 10.2 Å². The Hall–Kier alpha value is -3.85. The third-order valence-electron chi connectivity index (χ3n) is 8.35. The van der Waals surface area contributed by atoms with Gasteiger partial charge in [-0.15, -0.1) is 0 Å². The van der Waals surface area contributed by atoms with E-state index in [9.17, 15) is 18.0 Å². The Morgan fingerprint density at radius 2 is 1.52 bits per heavy atom. The van der Waals surface area contributed by atoms with Crippen molar-refractivity contribution in [3.05, 3.63) is 130 Å². The van der Waals surface area contributed by atoms with Gasteiger partial charge in [-0.2, -0.15) is 0 Å². The van der Waals surface area contributed by atoms with Crippen LogP contribution >= 0.6 is 23.2 Å². The van der Waals surface area contributed by atoms with E-state index in [1.165, 1.54) is 35.2 Å². The van der Waals surface area contributed by atoms with Gasteiger partial charge >= 0.3 is 0 Å². The average molecular weight is 679 g/mol. The summed E-state index contributed by atoms with van der Waals surface area (Å²) in [4.78, 5) is 30.2. The molecule has 0 saturated heterocycles. The molecule has 1 aliphatic carbocycles. The molecule has 4 aromatic carbocycles. The Balaban J connectivity index is 1.57. The molecule has 4 aromatic rings. The van der Waals surface area contributed by atoms with E-state index in [1.807, 2.05) is 61.5 Å². The quantitative estimate of drug-likeness (QED) is 0.172. The molecule has 0 heterocycles. The molecule has 0 aliphatic heterocycles. The molecule has 46 heavy (non-hydrogen) atoms. The molecule has 7 nitrogen and oxygen atoms in total. The lowest BCUT2D eigenvalue weighted by molar-refractivity contribution is -0.140. The van der Waals surface area contributed by atoms with Crippen LogP contribution in [0.15, 0.2) is 108 Å². The molecule has 0 aromatic heterocycles. The highest BCUT2D eigenvalue weighted by Gasteiger charge is 2.35. The van der Waals surface area contributed by atoms with E-state index in [4.69, 9.17) is 23.2 Å². The van der Waals surface area contributed by atoms with Crippen LogP contribution in [0, 0.1) is 6.92 Å². The van der Waals surface area contributed by atoms with Gasteiger partial charge in [0, 0.05) is 29.1 Å². The number of benzene rings is 4. The predicted molar refractivity (Wildman–Crippen MR) is 183 cm³/mol. The number of rotatable bonds is 12. The second kappa shape index (κ2) is 15.2. The Kier molecular flexibility index (Phi) is 11.0. The van der Waals surface area contributed by atoms with Gasteiger partial charge in [0.25, 0.3) is 10.0 Å². The molecule has 1 saturated carbocycles. The van der Waals surface area contributed by atoms with Crippen molar-refractivity contribution in [1.29, 1.82) is 0 Å². The standard InChI is InChI=1S/C36H37Cl2N3O4S/c1-26-10-5-6-13-28(26)24-40(34(22-27-11-3-2-4-12-27)36(43)39-31-15-7-8-16-31)35(42)25-41(32-17-9-14-30(38)23-32)46(44,45)33-20-18-29(37)19-21-33/h2-6,9-14,17-21,23,31,34H,7-8,15-16,22,24-25H2,1H3,(H,39,43). The summed E-state index contributed by atoms with van der Waals surface area (Å²) in [5, 5.41) is 3.89. The van der Waals surface area contributed by atoms with Crippen LogP contribution in [-0.4, -0.2) is 43.8 Å². The van der Waals surface area contributed by atoms with Crippen LogP contribution in [0.25, 0.3) is 0 Å². The van der Waals surface area contributed by atoms with Crippen molar-refractivity contribution in [1.82, 2.24) is 10.2 Å². The number of nitrogens with one attached hydrogen (secondary N) is 1. The maximum Gasteiger partial charge on any atom is 0.264 e. The third-order valence-corrected chi connectivity index (χ3v) is 10.6. The number of anilines is 1. The molecular formula is C36H37Cl2N3O4S. The number of hydrogen-bond acceptors (Lipinski definition) is 4. The van der Waals surface area contributed by atoms with E-state index in [1.54, 1.807) is 18.2 Å². The Labute approximate surface area is 281 Å². The molecule has 1 N–H and O–H groups in total. The zero-order chi connectivity index (χ0) is 32.7. The highest BCUT2D eigenvalue weighted by atomic mass is 35.5. The van der Waals surface area contributed by atoms with Gasteiger partial charge in [-0.05, 0) is 78.9 Å². The molecule has 5 rings (SSSR count). The summed E-state index contributed by atoms with van der Waals surface area (Å²) in [7, 11) is -4.25. The highest BCUT2D eigenvalue weighted by Crippen LogP contribution is 2.28. The fourth-order valence-corrected chi connectivity index (χ4v) is 7.50. The topological polar surface area (TPSA) is 86.8 Å². The van der Waals surface area contributed by atoms with E-state index in [0.717, 1.165) is 46.7 Å². The number of amides is 2. The lowest BCUT2D eigenvalue weighted by Gasteiger charge is -2.34. The summed E-state index contributed by atoms with van der Waals surface area (Å²) in [5.74, 6) is -0.782. The molecule has 2 amide bonds. The van der Waals surface area contributed by atoms with Crippen LogP contribution < -0.4 is 9.62 Å². The number of sulfonamides is 1. The van der Waals surface area contributed by atoms with E-state index in [2.05, 4.69) is 5.32 Å². The highest BCUT2D eigenvalue weighted by molar-refractivity contribution is 7.92. The summed E-state index contributed by atoms with van der Waals surface area (Å²) < 4.78 is 29.3. The van der Waals surface area contributed by atoms with E-state index in [-0.39, 0.29) is 35.5 Å². The minimum Gasteiger partial charge on any atom is -0.352 e. The minimum absolute atomic E-state index is 0.0325. The first-order valence-corrected chi connectivity index (χ1v) is 17.5. The van der Waals surface area contributed by atoms with Crippen LogP contribution in [0.4, 0.5) is 5.69 Å². The first-order chi connectivity index (χ1) is 22.1. The Morgan fingerprint density at radius 3 is 2.20 bits per heavy atom. The van der Waals surface area contributed by atoms with Gasteiger partial charge in [0.05, 0.1) is 10.6 Å². The van der Waals surface area contributed by atoms with Gasteiger partial charge in [-0.25, -0.2) is 8.42 Å².